The number of carboxylic acid groups (broad SMARTS) is 1. The molecule has 2 atom stereocenters. The van der Waals surface area contributed by atoms with Crippen molar-refractivity contribution in [2.75, 3.05) is 19.6 Å². The molecule has 5 heteroatoms. The zero-order valence-electron chi connectivity index (χ0n) is 10.2. The maximum Gasteiger partial charge on any atom is 0.321 e. The van der Waals surface area contributed by atoms with Crippen molar-refractivity contribution < 1.29 is 14.7 Å². The third kappa shape index (κ3) is 3.19. The summed E-state index contributed by atoms with van der Waals surface area (Å²) in [7, 11) is 0. The van der Waals surface area contributed by atoms with Crippen molar-refractivity contribution in [1.29, 1.82) is 0 Å². The molecule has 0 aromatic heterocycles. The number of nitrogens with zero attached hydrogens (tertiary/aromatic N) is 1. The number of hydrogen-bond donors (Lipinski definition) is 2. The summed E-state index contributed by atoms with van der Waals surface area (Å²) in [5.41, 5.74) is 0. The van der Waals surface area contributed by atoms with Crippen LogP contribution in [-0.2, 0) is 9.59 Å². The second-order valence-corrected chi connectivity index (χ2v) is 5.27. The van der Waals surface area contributed by atoms with Crippen LogP contribution in [0.1, 0.15) is 26.2 Å². The minimum absolute atomic E-state index is 0.0442. The van der Waals surface area contributed by atoms with Gasteiger partial charge in [0, 0.05) is 6.54 Å². The maximum absolute atomic E-state index is 11.7. The molecule has 1 aliphatic carbocycles. The minimum Gasteiger partial charge on any atom is -0.480 e. The van der Waals surface area contributed by atoms with E-state index in [1.165, 1.54) is 12.8 Å². The van der Waals surface area contributed by atoms with Gasteiger partial charge in [-0.05, 0) is 37.6 Å². The third-order valence-electron chi connectivity index (χ3n) is 3.69. The van der Waals surface area contributed by atoms with Crippen LogP contribution in [0, 0.1) is 11.8 Å². The largest absolute Gasteiger partial charge is 0.480 e. The summed E-state index contributed by atoms with van der Waals surface area (Å²) in [6, 6.07) is -0.498. The van der Waals surface area contributed by atoms with Gasteiger partial charge in [0.25, 0.3) is 0 Å². The van der Waals surface area contributed by atoms with E-state index in [1.54, 1.807) is 4.90 Å². The van der Waals surface area contributed by atoms with Crippen molar-refractivity contribution in [3.63, 3.8) is 0 Å². The fourth-order valence-corrected chi connectivity index (χ4v) is 2.42. The number of hydrogen-bond acceptors (Lipinski definition) is 3. The Morgan fingerprint density at radius 3 is 2.65 bits per heavy atom. The zero-order chi connectivity index (χ0) is 12.4. The van der Waals surface area contributed by atoms with Crippen LogP contribution < -0.4 is 5.32 Å². The number of likely N-dealkylation sites (tertiary alicyclic amines) is 1. The summed E-state index contributed by atoms with van der Waals surface area (Å²) in [4.78, 5) is 24.5. The lowest BCUT2D eigenvalue weighted by Gasteiger charge is -2.22. The van der Waals surface area contributed by atoms with Crippen molar-refractivity contribution in [2.45, 2.75) is 32.2 Å². The first-order chi connectivity index (χ1) is 8.08. The quantitative estimate of drug-likeness (QED) is 0.725. The molecule has 0 aromatic rings. The minimum atomic E-state index is -0.815. The standard InChI is InChI=1S/C12H20N2O3/c1-8-4-5-14(11(8)12(16)17)7-10(15)13-6-9-2-3-9/h8-9,11H,2-7H2,1H3,(H,13,15)(H,16,17). The first-order valence-corrected chi connectivity index (χ1v) is 6.31. The number of carbonyl (C=O) groups excluding carboxylic acids is 1. The summed E-state index contributed by atoms with van der Waals surface area (Å²) in [5.74, 6) is -0.0716. The number of carbonyl (C=O) groups is 2. The Morgan fingerprint density at radius 1 is 1.35 bits per heavy atom. The Hall–Kier alpha value is -1.10. The molecule has 1 saturated heterocycles. The first-order valence-electron chi connectivity index (χ1n) is 6.31. The predicted molar refractivity (Wildman–Crippen MR) is 62.5 cm³/mol. The lowest BCUT2D eigenvalue weighted by atomic mass is 10.0. The highest BCUT2D eigenvalue weighted by molar-refractivity contribution is 5.80. The van der Waals surface area contributed by atoms with Crippen molar-refractivity contribution in [3.8, 4) is 0 Å². The van der Waals surface area contributed by atoms with Gasteiger partial charge in [0.05, 0.1) is 6.54 Å². The van der Waals surface area contributed by atoms with Crippen LogP contribution in [-0.4, -0.2) is 47.6 Å². The molecule has 1 heterocycles. The van der Waals surface area contributed by atoms with Gasteiger partial charge < -0.3 is 10.4 Å². The van der Waals surface area contributed by atoms with Crippen molar-refractivity contribution >= 4 is 11.9 Å². The number of nitrogens with one attached hydrogen (secondary N) is 1. The molecule has 0 bridgehead atoms. The molecular formula is C12H20N2O3. The smallest absolute Gasteiger partial charge is 0.321 e. The molecule has 2 rings (SSSR count). The van der Waals surface area contributed by atoms with E-state index in [4.69, 9.17) is 5.11 Å². The molecule has 0 radical (unpaired) electrons. The highest BCUT2D eigenvalue weighted by Gasteiger charge is 2.37. The summed E-state index contributed by atoms with van der Waals surface area (Å²) in [5, 5.41) is 12.0. The van der Waals surface area contributed by atoms with Crippen LogP contribution in [0.5, 0.6) is 0 Å². The van der Waals surface area contributed by atoms with Crippen LogP contribution >= 0.6 is 0 Å². The molecule has 0 aromatic carbocycles. The molecule has 2 fully saturated rings. The topological polar surface area (TPSA) is 69.6 Å². The van der Waals surface area contributed by atoms with E-state index in [9.17, 15) is 9.59 Å². The molecule has 17 heavy (non-hydrogen) atoms. The SMILES string of the molecule is CC1CCN(CC(=O)NCC2CC2)C1C(=O)O. The van der Waals surface area contributed by atoms with E-state index in [1.807, 2.05) is 6.92 Å². The van der Waals surface area contributed by atoms with Crippen molar-refractivity contribution in [3.05, 3.63) is 0 Å². The summed E-state index contributed by atoms with van der Waals surface area (Å²) < 4.78 is 0. The van der Waals surface area contributed by atoms with Crippen LogP contribution in [0.4, 0.5) is 0 Å². The Morgan fingerprint density at radius 2 is 2.06 bits per heavy atom. The summed E-state index contributed by atoms with van der Waals surface area (Å²) >= 11 is 0. The molecule has 5 nitrogen and oxygen atoms in total. The van der Waals surface area contributed by atoms with E-state index in [0.29, 0.717) is 12.5 Å². The van der Waals surface area contributed by atoms with E-state index < -0.39 is 12.0 Å². The highest BCUT2D eigenvalue weighted by Crippen LogP contribution is 2.27. The third-order valence-corrected chi connectivity index (χ3v) is 3.69. The first kappa shape index (κ1) is 12.4. The van der Waals surface area contributed by atoms with Crippen molar-refractivity contribution in [1.82, 2.24) is 10.2 Å². The molecule has 1 aliphatic heterocycles. The molecule has 0 spiro atoms. The Bertz CT molecular complexity index is 315. The van der Waals surface area contributed by atoms with Gasteiger partial charge in [0.2, 0.25) is 5.91 Å². The van der Waals surface area contributed by atoms with E-state index in [-0.39, 0.29) is 18.4 Å². The number of amides is 1. The predicted octanol–water partition coefficient (Wildman–Crippen LogP) is 0.308. The number of aliphatic carboxylic acids is 1. The molecule has 2 N–H and O–H groups in total. The van der Waals surface area contributed by atoms with Crippen LogP contribution in [0.15, 0.2) is 0 Å². The second-order valence-electron chi connectivity index (χ2n) is 5.27. The Balaban J connectivity index is 1.80. The van der Waals surface area contributed by atoms with Gasteiger partial charge in [-0.1, -0.05) is 6.92 Å². The van der Waals surface area contributed by atoms with E-state index in [2.05, 4.69) is 5.32 Å². The highest BCUT2D eigenvalue weighted by atomic mass is 16.4. The fourth-order valence-electron chi connectivity index (χ4n) is 2.42. The lowest BCUT2D eigenvalue weighted by Crippen LogP contribution is -2.44. The van der Waals surface area contributed by atoms with Crippen LogP contribution in [0.3, 0.4) is 0 Å². The molecule has 96 valence electrons. The molecule has 1 saturated carbocycles. The lowest BCUT2D eigenvalue weighted by molar-refractivity contribution is -0.143. The van der Waals surface area contributed by atoms with Gasteiger partial charge >= 0.3 is 5.97 Å². The average Bonchev–Trinajstić information content (AvgIpc) is 3.00. The van der Waals surface area contributed by atoms with Gasteiger partial charge in [0.1, 0.15) is 6.04 Å². The average molecular weight is 240 g/mol. The van der Waals surface area contributed by atoms with E-state index in [0.717, 1.165) is 13.0 Å². The van der Waals surface area contributed by atoms with Gasteiger partial charge in [-0.2, -0.15) is 0 Å². The van der Waals surface area contributed by atoms with Crippen molar-refractivity contribution in [2.24, 2.45) is 11.8 Å². The van der Waals surface area contributed by atoms with Gasteiger partial charge in [-0.15, -0.1) is 0 Å². The normalized spacial score (nSPS) is 29.2. The molecule has 2 aliphatic rings. The van der Waals surface area contributed by atoms with Gasteiger partial charge in [0.15, 0.2) is 0 Å². The Labute approximate surface area is 101 Å². The molecule has 1 amide bonds. The summed E-state index contributed by atoms with van der Waals surface area (Å²) in [6.45, 7) is 3.60. The fraction of sp³-hybridized carbons (Fsp3) is 0.833. The van der Waals surface area contributed by atoms with Crippen LogP contribution in [0.2, 0.25) is 0 Å². The Kier molecular flexibility index (Phi) is 3.66. The zero-order valence-corrected chi connectivity index (χ0v) is 10.2. The van der Waals surface area contributed by atoms with Gasteiger partial charge in [-0.3, -0.25) is 14.5 Å². The van der Waals surface area contributed by atoms with Crippen LogP contribution in [0.25, 0.3) is 0 Å². The summed E-state index contributed by atoms with van der Waals surface area (Å²) in [6.07, 6.45) is 3.27. The number of rotatable bonds is 5. The maximum atomic E-state index is 11.7. The number of carboxylic acids is 1. The van der Waals surface area contributed by atoms with E-state index >= 15 is 0 Å². The second kappa shape index (κ2) is 5.04. The molecule has 2 unspecified atom stereocenters. The van der Waals surface area contributed by atoms with Gasteiger partial charge in [-0.25, -0.2) is 0 Å². The molecular weight excluding hydrogens is 220 g/mol. The monoisotopic (exact) mass is 240 g/mol.